The summed E-state index contributed by atoms with van der Waals surface area (Å²) in [7, 11) is 0. The molecule has 27 heavy (non-hydrogen) atoms. The average Bonchev–Trinajstić information content (AvgIpc) is 3.15. The molecule has 134 valence electrons. The van der Waals surface area contributed by atoms with E-state index in [0.717, 1.165) is 6.07 Å². The Kier molecular flexibility index (Phi) is 3.70. The zero-order valence-corrected chi connectivity index (χ0v) is 14.4. The quantitative estimate of drug-likeness (QED) is 0.556. The summed E-state index contributed by atoms with van der Waals surface area (Å²) in [6.07, 6.45) is 0. The highest BCUT2D eigenvalue weighted by Gasteiger charge is 2.27. The van der Waals surface area contributed by atoms with E-state index in [2.05, 4.69) is 5.16 Å². The SMILES string of the molecule is Cc1noc(C)c1-c1c(C#N)c2c(F)c(F)ccc2n1-c1ccc(O)cc1. The lowest BCUT2D eigenvalue weighted by atomic mass is 10.0. The zero-order valence-electron chi connectivity index (χ0n) is 14.4. The lowest BCUT2D eigenvalue weighted by Crippen LogP contribution is -1.99. The van der Waals surface area contributed by atoms with E-state index in [4.69, 9.17) is 4.52 Å². The maximum Gasteiger partial charge on any atom is 0.169 e. The molecule has 0 saturated carbocycles. The second kappa shape index (κ2) is 5.95. The second-order valence-electron chi connectivity index (χ2n) is 6.14. The van der Waals surface area contributed by atoms with Crippen molar-refractivity contribution in [3.05, 3.63) is 65.1 Å². The second-order valence-corrected chi connectivity index (χ2v) is 6.14. The highest BCUT2D eigenvalue weighted by atomic mass is 19.2. The van der Waals surface area contributed by atoms with Gasteiger partial charge in [-0.15, -0.1) is 0 Å². The molecule has 7 heteroatoms. The summed E-state index contributed by atoms with van der Waals surface area (Å²) in [4.78, 5) is 0. The van der Waals surface area contributed by atoms with Crippen molar-refractivity contribution in [1.82, 2.24) is 9.72 Å². The van der Waals surface area contributed by atoms with Crippen LogP contribution < -0.4 is 0 Å². The maximum atomic E-state index is 14.6. The first-order chi connectivity index (χ1) is 12.9. The summed E-state index contributed by atoms with van der Waals surface area (Å²) < 4.78 is 35.4. The molecule has 1 N–H and O–H groups in total. The number of aromatic nitrogens is 2. The fourth-order valence-corrected chi connectivity index (χ4v) is 3.35. The number of aryl methyl sites for hydroxylation is 2. The summed E-state index contributed by atoms with van der Waals surface area (Å²) in [5, 5.41) is 23.2. The van der Waals surface area contributed by atoms with Gasteiger partial charge in [0.15, 0.2) is 11.6 Å². The van der Waals surface area contributed by atoms with E-state index in [9.17, 15) is 19.1 Å². The Morgan fingerprint density at radius 2 is 1.81 bits per heavy atom. The van der Waals surface area contributed by atoms with Crippen molar-refractivity contribution >= 4 is 10.9 Å². The first kappa shape index (κ1) is 16.8. The topological polar surface area (TPSA) is 75.0 Å². The van der Waals surface area contributed by atoms with Crippen LogP contribution in [0.15, 0.2) is 40.9 Å². The molecule has 0 fully saturated rings. The first-order valence-corrected chi connectivity index (χ1v) is 8.09. The molecule has 2 aromatic carbocycles. The van der Waals surface area contributed by atoms with Gasteiger partial charge in [0, 0.05) is 5.69 Å². The number of nitriles is 1. The molecule has 0 atom stereocenters. The first-order valence-electron chi connectivity index (χ1n) is 8.09. The third-order valence-corrected chi connectivity index (χ3v) is 4.51. The molecule has 0 aliphatic carbocycles. The van der Waals surface area contributed by atoms with E-state index in [0.29, 0.717) is 33.9 Å². The minimum absolute atomic E-state index is 0.00975. The Balaban J connectivity index is 2.24. The van der Waals surface area contributed by atoms with Gasteiger partial charge in [-0.1, -0.05) is 5.16 Å². The summed E-state index contributed by atoms with van der Waals surface area (Å²) in [6.45, 7) is 3.40. The number of fused-ring (bicyclic) bond motifs is 1. The number of halogens is 2. The van der Waals surface area contributed by atoms with E-state index in [1.54, 1.807) is 30.5 Å². The molecule has 0 amide bonds. The Labute approximate surface area is 152 Å². The molecular formula is C20H13F2N3O2. The number of hydrogen-bond donors (Lipinski definition) is 1. The molecule has 2 aromatic heterocycles. The van der Waals surface area contributed by atoms with Crippen molar-refractivity contribution in [2.24, 2.45) is 0 Å². The lowest BCUT2D eigenvalue weighted by Gasteiger charge is -2.11. The fraction of sp³-hybridized carbons (Fsp3) is 0.100. The number of aromatic hydroxyl groups is 1. The minimum Gasteiger partial charge on any atom is -0.508 e. The standard InChI is InChI=1S/C20H13F2N3O2/c1-10-17(11(2)27-24-10)20-14(9-23)18-16(8-7-15(21)19(18)22)25(20)12-3-5-13(26)6-4-12/h3-8,26H,1-2H3. The molecular weight excluding hydrogens is 352 g/mol. The molecule has 0 aliphatic rings. The van der Waals surface area contributed by atoms with E-state index < -0.39 is 11.6 Å². The van der Waals surface area contributed by atoms with Gasteiger partial charge in [-0.05, 0) is 50.2 Å². The highest BCUT2D eigenvalue weighted by molar-refractivity contribution is 5.97. The number of hydrogen-bond acceptors (Lipinski definition) is 4. The highest BCUT2D eigenvalue weighted by Crippen LogP contribution is 2.40. The molecule has 0 saturated heterocycles. The van der Waals surface area contributed by atoms with Gasteiger partial charge in [0.1, 0.15) is 17.6 Å². The van der Waals surface area contributed by atoms with Crippen molar-refractivity contribution in [1.29, 1.82) is 5.26 Å². The zero-order chi connectivity index (χ0) is 19.3. The number of benzene rings is 2. The number of rotatable bonds is 2. The van der Waals surface area contributed by atoms with E-state index in [1.807, 2.05) is 6.07 Å². The molecule has 0 bridgehead atoms. The fourth-order valence-electron chi connectivity index (χ4n) is 3.35. The number of phenolic OH excluding ortho intramolecular Hbond substituents is 1. The van der Waals surface area contributed by atoms with Crippen LogP contribution in [-0.2, 0) is 0 Å². The van der Waals surface area contributed by atoms with E-state index in [1.165, 1.54) is 18.2 Å². The van der Waals surface area contributed by atoms with E-state index in [-0.39, 0.29) is 16.7 Å². The summed E-state index contributed by atoms with van der Waals surface area (Å²) in [5.74, 6) is -1.61. The number of phenols is 1. The average molecular weight is 365 g/mol. The van der Waals surface area contributed by atoms with Gasteiger partial charge in [0.2, 0.25) is 0 Å². The van der Waals surface area contributed by atoms with E-state index >= 15 is 0 Å². The van der Waals surface area contributed by atoms with Gasteiger partial charge in [0.05, 0.1) is 33.4 Å². The van der Waals surface area contributed by atoms with Gasteiger partial charge < -0.3 is 14.2 Å². The Morgan fingerprint density at radius 3 is 2.41 bits per heavy atom. The van der Waals surface area contributed by atoms with Crippen molar-refractivity contribution < 1.29 is 18.4 Å². The van der Waals surface area contributed by atoms with Gasteiger partial charge >= 0.3 is 0 Å². The molecule has 4 rings (SSSR count). The Hall–Kier alpha value is -3.66. The molecule has 4 aromatic rings. The van der Waals surface area contributed by atoms with Crippen molar-refractivity contribution in [3.63, 3.8) is 0 Å². The van der Waals surface area contributed by atoms with Crippen molar-refractivity contribution in [2.45, 2.75) is 13.8 Å². The number of nitrogens with zero attached hydrogens (tertiary/aromatic N) is 3. The van der Waals surface area contributed by atoms with Crippen LogP contribution in [0.25, 0.3) is 27.8 Å². The smallest absolute Gasteiger partial charge is 0.169 e. The minimum atomic E-state index is -1.09. The Bertz CT molecular complexity index is 1210. The van der Waals surface area contributed by atoms with Crippen molar-refractivity contribution in [2.75, 3.05) is 0 Å². The summed E-state index contributed by atoms with van der Waals surface area (Å²) in [5.41, 5.74) is 2.30. The van der Waals surface area contributed by atoms with Crippen LogP contribution in [0.4, 0.5) is 8.78 Å². The van der Waals surface area contributed by atoms with Gasteiger partial charge in [-0.25, -0.2) is 8.78 Å². The van der Waals surface area contributed by atoms with Crippen LogP contribution in [-0.4, -0.2) is 14.8 Å². The molecule has 0 aliphatic heterocycles. The third-order valence-electron chi connectivity index (χ3n) is 4.51. The van der Waals surface area contributed by atoms with Crippen LogP contribution in [0, 0.1) is 36.8 Å². The third kappa shape index (κ3) is 2.38. The van der Waals surface area contributed by atoms with Crippen LogP contribution in [0.1, 0.15) is 17.0 Å². The summed E-state index contributed by atoms with van der Waals surface area (Å²) >= 11 is 0. The summed E-state index contributed by atoms with van der Waals surface area (Å²) in [6, 6.07) is 10.6. The van der Waals surface area contributed by atoms with Gasteiger partial charge in [0.25, 0.3) is 0 Å². The van der Waals surface area contributed by atoms with Crippen LogP contribution in [0.2, 0.25) is 0 Å². The van der Waals surface area contributed by atoms with Crippen LogP contribution in [0.3, 0.4) is 0 Å². The molecule has 5 nitrogen and oxygen atoms in total. The van der Waals surface area contributed by atoms with Gasteiger partial charge in [-0.2, -0.15) is 5.26 Å². The normalized spacial score (nSPS) is 11.1. The van der Waals surface area contributed by atoms with Crippen LogP contribution >= 0.6 is 0 Å². The largest absolute Gasteiger partial charge is 0.508 e. The molecule has 0 radical (unpaired) electrons. The lowest BCUT2D eigenvalue weighted by molar-refractivity contribution is 0.393. The molecule has 2 heterocycles. The van der Waals surface area contributed by atoms with Crippen LogP contribution in [0.5, 0.6) is 5.75 Å². The monoisotopic (exact) mass is 365 g/mol. The van der Waals surface area contributed by atoms with Gasteiger partial charge in [-0.3, -0.25) is 0 Å². The maximum absolute atomic E-state index is 14.6. The molecule has 0 spiro atoms. The molecule has 0 unspecified atom stereocenters. The predicted molar refractivity (Wildman–Crippen MR) is 94.5 cm³/mol. The predicted octanol–water partition coefficient (Wildman–Crippen LogP) is 4.76. The Morgan fingerprint density at radius 1 is 1.11 bits per heavy atom. The van der Waals surface area contributed by atoms with Crippen molar-refractivity contribution in [3.8, 4) is 28.8 Å².